The molecule has 1 aromatic heterocycles. The maximum absolute atomic E-state index is 12.5. The summed E-state index contributed by atoms with van der Waals surface area (Å²) in [5.41, 5.74) is 1.46. The maximum Gasteiger partial charge on any atom is 0.254 e. The van der Waals surface area contributed by atoms with Gasteiger partial charge in [0.1, 0.15) is 6.54 Å². The highest BCUT2D eigenvalue weighted by Gasteiger charge is 2.18. The van der Waals surface area contributed by atoms with Crippen molar-refractivity contribution in [2.75, 3.05) is 18.4 Å². The molecule has 122 valence electrons. The van der Waals surface area contributed by atoms with Gasteiger partial charge in [-0.2, -0.15) is 0 Å². The summed E-state index contributed by atoms with van der Waals surface area (Å²) in [6.07, 6.45) is 0. The maximum atomic E-state index is 12.5. The molecule has 0 aliphatic heterocycles. The topological polar surface area (TPSA) is 62.3 Å². The van der Waals surface area contributed by atoms with Crippen molar-refractivity contribution < 1.29 is 9.59 Å². The number of amides is 2. The molecule has 0 unspecified atom stereocenters. The standard InChI is InChI=1S/C16H18BrN3O2S/c1-4-20(15(22)12-6-5-7-13(17)8-12)9-14(21)19-16-18-10(2)11(3)23-16/h5-8H,4,9H2,1-3H3,(H,18,19,21). The number of benzene rings is 1. The number of anilines is 1. The summed E-state index contributed by atoms with van der Waals surface area (Å²) in [6, 6.07) is 7.14. The van der Waals surface area contributed by atoms with Crippen molar-refractivity contribution in [3.05, 3.63) is 44.9 Å². The van der Waals surface area contributed by atoms with Crippen molar-refractivity contribution in [2.24, 2.45) is 0 Å². The lowest BCUT2D eigenvalue weighted by Gasteiger charge is -2.20. The number of carbonyl (C=O) groups excluding carboxylic acids is 2. The monoisotopic (exact) mass is 395 g/mol. The average molecular weight is 396 g/mol. The third-order valence-corrected chi connectivity index (χ3v) is 4.83. The van der Waals surface area contributed by atoms with Crippen molar-refractivity contribution >= 4 is 44.2 Å². The lowest BCUT2D eigenvalue weighted by molar-refractivity contribution is -0.116. The number of halogens is 1. The van der Waals surface area contributed by atoms with E-state index in [0.717, 1.165) is 15.0 Å². The Bertz CT molecular complexity index is 710. The summed E-state index contributed by atoms with van der Waals surface area (Å²) in [6.45, 7) is 6.16. The van der Waals surface area contributed by atoms with E-state index in [4.69, 9.17) is 0 Å². The zero-order valence-corrected chi connectivity index (χ0v) is 15.6. The fourth-order valence-electron chi connectivity index (χ4n) is 1.99. The largest absolute Gasteiger partial charge is 0.330 e. The molecule has 1 N–H and O–H groups in total. The zero-order valence-electron chi connectivity index (χ0n) is 13.2. The molecule has 2 rings (SSSR count). The predicted molar refractivity (Wildman–Crippen MR) is 95.9 cm³/mol. The first-order valence-electron chi connectivity index (χ1n) is 7.19. The van der Waals surface area contributed by atoms with Crippen molar-refractivity contribution in [2.45, 2.75) is 20.8 Å². The van der Waals surface area contributed by atoms with Crippen LogP contribution in [0.2, 0.25) is 0 Å². The van der Waals surface area contributed by atoms with Crippen LogP contribution in [0.5, 0.6) is 0 Å². The zero-order chi connectivity index (χ0) is 17.0. The number of aryl methyl sites for hydroxylation is 2. The number of hydrogen-bond acceptors (Lipinski definition) is 4. The van der Waals surface area contributed by atoms with Gasteiger partial charge in [-0.05, 0) is 39.0 Å². The van der Waals surface area contributed by atoms with Gasteiger partial charge in [-0.3, -0.25) is 9.59 Å². The molecule has 0 aliphatic carbocycles. The van der Waals surface area contributed by atoms with Gasteiger partial charge in [0.15, 0.2) is 5.13 Å². The summed E-state index contributed by atoms with van der Waals surface area (Å²) in [5.74, 6) is -0.417. The number of nitrogens with zero attached hydrogens (tertiary/aromatic N) is 2. The first-order chi connectivity index (χ1) is 10.9. The molecule has 1 aromatic carbocycles. The molecular formula is C16H18BrN3O2S. The molecule has 0 saturated carbocycles. The third kappa shape index (κ3) is 4.62. The van der Waals surface area contributed by atoms with Crippen molar-refractivity contribution in [3.8, 4) is 0 Å². The van der Waals surface area contributed by atoms with Gasteiger partial charge in [0.2, 0.25) is 5.91 Å². The van der Waals surface area contributed by atoms with Crippen LogP contribution in [-0.4, -0.2) is 34.8 Å². The Hall–Kier alpha value is -1.73. The fourth-order valence-corrected chi connectivity index (χ4v) is 3.22. The number of likely N-dealkylation sites (N-methyl/N-ethyl adjacent to an activating group) is 1. The minimum Gasteiger partial charge on any atom is -0.330 e. The molecule has 2 amide bonds. The highest BCUT2D eigenvalue weighted by Crippen LogP contribution is 2.21. The van der Waals surface area contributed by atoms with Crippen LogP contribution >= 0.6 is 27.3 Å². The van der Waals surface area contributed by atoms with E-state index in [1.54, 1.807) is 18.2 Å². The normalized spacial score (nSPS) is 10.4. The SMILES string of the molecule is CCN(CC(=O)Nc1nc(C)c(C)s1)C(=O)c1cccc(Br)c1. The summed E-state index contributed by atoms with van der Waals surface area (Å²) in [7, 11) is 0. The van der Waals surface area contributed by atoms with Gasteiger partial charge < -0.3 is 10.2 Å². The van der Waals surface area contributed by atoms with Crippen LogP contribution in [0.4, 0.5) is 5.13 Å². The Morgan fingerprint density at radius 2 is 2.09 bits per heavy atom. The van der Waals surface area contributed by atoms with E-state index in [0.29, 0.717) is 17.2 Å². The molecule has 1 heterocycles. The summed E-state index contributed by atoms with van der Waals surface area (Å²) >= 11 is 4.78. The van der Waals surface area contributed by atoms with Crippen LogP contribution in [0.3, 0.4) is 0 Å². The molecule has 0 atom stereocenters. The molecule has 7 heteroatoms. The van der Waals surface area contributed by atoms with E-state index in [1.807, 2.05) is 26.8 Å². The minimum atomic E-state index is -0.246. The molecule has 2 aromatic rings. The summed E-state index contributed by atoms with van der Waals surface area (Å²) in [4.78, 5) is 31.5. The van der Waals surface area contributed by atoms with Gasteiger partial charge in [-0.15, -0.1) is 11.3 Å². The van der Waals surface area contributed by atoms with Crippen molar-refractivity contribution in [1.29, 1.82) is 0 Å². The molecule has 0 fully saturated rings. The molecule has 0 bridgehead atoms. The molecule has 0 aliphatic rings. The Labute approximate surface area is 147 Å². The van der Waals surface area contributed by atoms with E-state index in [2.05, 4.69) is 26.2 Å². The number of aromatic nitrogens is 1. The second kappa shape index (κ2) is 7.70. The van der Waals surface area contributed by atoms with Gasteiger partial charge in [0, 0.05) is 21.5 Å². The highest BCUT2D eigenvalue weighted by molar-refractivity contribution is 9.10. The van der Waals surface area contributed by atoms with Crippen molar-refractivity contribution in [1.82, 2.24) is 9.88 Å². The Morgan fingerprint density at radius 3 is 2.65 bits per heavy atom. The number of thiazole rings is 1. The number of rotatable bonds is 5. The van der Waals surface area contributed by atoms with Crippen LogP contribution in [0.1, 0.15) is 27.9 Å². The molecule has 0 spiro atoms. The average Bonchev–Trinajstić information content (AvgIpc) is 2.82. The van der Waals surface area contributed by atoms with Crippen molar-refractivity contribution in [3.63, 3.8) is 0 Å². The van der Waals surface area contributed by atoms with Crippen LogP contribution in [0.15, 0.2) is 28.7 Å². The van der Waals surface area contributed by atoms with Crippen LogP contribution in [0.25, 0.3) is 0 Å². The summed E-state index contributed by atoms with van der Waals surface area (Å²) < 4.78 is 0.831. The van der Waals surface area contributed by atoms with Gasteiger partial charge in [-0.25, -0.2) is 4.98 Å². The number of carbonyl (C=O) groups is 2. The van der Waals surface area contributed by atoms with E-state index in [9.17, 15) is 9.59 Å². The van der Waals surface area contributed by atoms with Crippen LogP contribution < -0.4 is 5.32 Å². The molecule has 23 heavy (non-hydrogen) atoms. The quantitative estimate of drug-likeness (QED) is 0.840. The third-order valence-electron chi connectivity index (χ3n) is 3.35. The molecule has 5 nitrogen and oxygen atoms in total. The first-order valence-corrected chi connectivity index (χ1v) is 8.80. The molecular weight excluding hydrogens is 378 g/mol. The predicted octanol–water partition coefficient (Wildman–Crippen LogP) is 3.62. The van der Waals surface area contributed by atoms with Gasteiger partial charge >= 0.3 is 0 Å². The number of hydrogen-bond donors (Lipinski definition) is 1. The van der Waals surface area contributed by atoms with Gasteiger partial charge in [-0.1, -0.05) is 22.0 Å². The Morgan fingerprint density at radius 1 is 1.35 bits per heavy atom. The highest BCUT2D eigenvalue weighted by atomic mass is 79.9. The minimum absolute atomic E-state index is 0.000474. The Balaban J connectivity index is 2.03. The van der Waals surface area contributed by atoms with E-state index in [-0.39, 0.29) is 18.4 Å². The first kappa shape index (κ1) is 17.6. The van der Waals surface area contributed by atoms with Gasteiger partial charge in [0.25, 0.3) is 5.91 Å². The van der Waals surface area contributed by atoms with Crippen LogP contribution in [0, 0.1) is 13.8 Å². The second-order valence-electron chi connectivity index (χ2n) is 5.04. The lowest BCUT2D eigenvalue weighted by atomic mass is 10.2. The summed E-state index contributed by atoms with van der Waals surface area (Å²) in [5, 5.41) is 3.32. The van der Waals surface area contributed by atoms with E-state index < -0.39 is 0 Å². The lowest BCUT2D eigenvalue weighted by Crippen LogP contribution is -2.37. The second-order valence-corrected chi connectivity index (χ2v) is 7.16. The molecule has 0 saturated heterocycles. The number of nitrogens with one attached hydrogen (secondary N) is 1. The fraction of sp³-hybridized carbons (Fsp3) is 0.312. The molecule has 0 radical (unpaired) electrons. The van der Waals surface area contributed by atoms with E-state index in [1.165, 1.54) is 16.2 Å². The van der Waals surface area contributed by atoms with E-state index >= 15 is 0 Å². The smallest absolute Gasteiger partial charge is 0.254 e. The van der Waals surface area contributed by atoms with Crippen LogP contribution in [-0.2, 0) is 4.79 Å². The van der Waals surface area contributed by atoms with Gasteiger partial charge in [0.05, 0.1) is 5.69 Å². The Kier molecular flexibility index (Phi) is 5.90.